The van der Waals surface area contributed by atoms with Crippen molar-refractivity contribution in [2.75, 3.05) is 6.61 Å². The highest BCUT2D eigenvalue weighted by Gasteiger charge is 2.20. The molecule has 1 N–H and O–H groups in total. The Kier molecular flexibility index (Phi) is 4.56. The normalized spacial score (nSPS) is 14.6. The second-order valence-corrected chi connectivity index (χ2v) is 4.42. The van der Waals surface area contributed by atoms with Gasteiger partial charge in [0, 0.05) is 24.8 Å². The fourth-order valence-corrected chi connectivity index (χ4v) is 1.60. The first kappa shape index (κ1) is 12.1. The zero-order valence-corrected chi connectivity index (χ0v) is 10.2. The number of nitrogens with zero attached hydrogens (tertiary/aromatic N) is 1. The van der Waals surface area contributed by atoms with Crippen LogP contribution in [-0.2, 0) is 6.54 Å². The monoisotopic (exact) mass is 232 g/mol. The molecule has 1 aliphatic rings. The van der Waals surface area contributed by atoms with Gasteiger partial charge in [-0.1, -0.05) is 6.08 Å². The number of allylic oxidation sites excluding steroid dienone is 1. The van der Waals surface area contributed by atoms with Gasteiger partial charge < -0.3 is 10.1 Å². The van der Waals surface area contributed by atoms with Crippen molar-refractivity contribution >= 4 is 0 Å². The zero-order chi connectivity index (χ0) is 11.9. The molecule has 17 heavy (non-hydrogen) atoms. The summed E-state index contributed by atoms with van der Waals surface area (Å²) in [6.07, 6.45) is 8.35. The van der Waals surface area contributed by atoms with Gasteiger partial charge in [-0.05, 0) is 31.7 Å². The minimum absolute atomic E-state index is 0.717. The molecule has 0 unspecified atom stereocenters. The maximum Gasteiger partial charge on any atom is 0.122 e. The van der Waals surface area contributed by atoms with Gasteiger partial charge in [-0.2, -0.15) is 0 Å². The van der Waals surface area contributed by atoms with E-state index in [-0.39, 0.29) is 0 Å². The summed E-state index contributed by atoms with van der Waals surface area (Å²) in [6.45, 7) is 5.28. The van der Waals surface area contributed by atoms with Gasteiger partial charge in [0.1, 0.15) is 5.75 Å². The van der Waals surface area contributed by atoms with Gasteiger partial charge in [0.2, 0.25) is 0 Å². The first-order valence-electron chi connectivity index (χ1n) is 6.30. The molecule has 2 rings (SSSR count). The van der Waals surface area contributed by atoms with Crippen LogP contribution in [0.3, 0.4) is 0 Å². The van der Waals surface area contributed by atoms with Crippen molar-refractivity contribution in [1.82, 2.24) is 10.3 Å². The van der Waals surface area contributed by atoms with Crippen molar-refractivity contribution < 1.29 is 4.74 Å². The fraction of sp³-hybridized carbons (Fsp3) is 0.500. The molecular weight excluding hydrogens is 212 g/mol. The number of nitrogens with one attached hydrogen (secondary N) is 1. The number of hydrogen-bond donors (Lipinski definition) is 1. The van der Waals surface area contributed by atoms with Crippen LogP contribution in [0.1, 0.15) is 31.4 Å². The lowest BCUT2D eigenvalue weighted by Gasteiger charge is -2.07. The van der Waals surface area contributed by atoms with Gasteiger partial charge in [-0.15, -0.1) is 6.58 Å². The topological polar surface area (TPSA) is 34.1 Å². The largest absolute Gasteiger partial charge is 0.493 e. The van der Waals surface area contributed by atoms with Crippen LogP contribution in [0, 0.1) is 0 Å². The Hall–Kier alpha value is -1.35. The lowest BCUT2D eigenvalue weighted by atomic mass is 10.3. The number of ether oxygens (including phenoxy) is 1. The molecule has 1 saturated carbocycles. The van der Waals surface area contributed by atoms with Gasteiger partial charge in [-0.3, -0.25) is 4.98 Å². The van der Waals surface area contributed by atoms with Gasteiger partial charge in [0.25, 0.3) is 0 Å². The Balaban J connectivity index is 1.75. The quantitative estimate of drug-likeness (QED) is 0.552. The second-order valence-electron chi connectivity index (χ2n) is 4.42. The van der Waals surface area contributed by atoms with E-state index in [0.29, 0.717) is 6.04 Å². The van der Waals surface area contributed by atoms with E-state index in [0.717, 1.165) is 37.4 Å². The van der Waals surface area contributed by atoms with Crippen LogP contribution >= 0.6 is 0 Å². The van der Waals surface area contributed by atoms with E-state index in [1.807, 2.05) is 24.4 Å². The van der Waals surface area contributed by atoms with E-state index in [4.69, 9.17) is 4.74 Å². The summed E-state index contributed by atoms with van der Waals surface area (Å²) >= 11 is 0. The highest BCUT2D eigenvalue weighted by atomic mass is 16.5. The average molecular weight is 232 g/mol. The standard InChI is InChI=1S/C14H20N2O/c1-2-3-4-9-17-14-7-8-15-13(10-14)11-16-12-5-6-12/h2,7-8,10,12,16H,1,3-6,9,11H2. The Morgan fingerprint density at radius 1 is 1.53 bits per heavy atom. The van der Waals surface area contributed by atoms with E-state index in [2.05, 4.69) is 16.9 Å². The van der Waals surface area contributed by atoms with E-state index in [1.54, 1.807) is 0 Å². The molecule has 0 aliphatic heterocycles. The van der Waals surface area contributed by atoms with Gasteiger partial charge in [-0.25, -0.2) is 0 Å². The van der Waals surface area contributed by atoms with Crippen molar-refractivity contribution in [3.05, 3.63) is 36.7 Å². The molecule has 0 spiro atoms. The molecule has 0 aromatic carbocycles. The third-order valence-electron chi connectivity index (χ3n) is 2.76. The molecule has 0 radical (unpaired) electrons. The maximum atomic E-state index is 5.66. The predicted octanol–water partition coefficient (Wildman–Crippen LogP) is 2.68. The van der Waals surface area contributed by atoms with E-state index in [1.165, 1.54) is 12.8 Å². The first-order valence-corrected chi connectivity index (χ1v) is 6.30. The number of aromatic nitrogens is 1. The molecule has 0 bridgehead atoms. The molecule has 92 valence electrons. The molecular formula is C14H20N2O. The van der Waals surface area contributed by atoms with Crippen molar-refractivity contribution in [3.63, 3.8) is 0 Å². The molecule has 0 atom stereocenters. The predicted molar refractivity (Wildman–Crippen MR) is 69.0 cm³/mol. The molecule has 1 aromatic rings. The van der Waals surface area contributed by atoms with Crippen LogP contribution in [0.25, 0.3) is 0 Å². The smallest absolute Gasteiger partial charge is 0.122 e. The summed E-state index contributed by atoms with van der Waals surface area (Å²) in [5.74, 6) is 0.914. The lowest BCUT2D eigenvalue weighted by molar-refractivity contribution is 0.311. The molecule has 1 aromatic heterocycles. The Labute approximate surface area is 103 Å². The zero-order valence-electron chi connectivity index (χ0n) is 10.2. The minimum atomic E-state index is 0.717. The highest BCUT2D eigenvalue weighted by molar-refractivity contribution is 5.22. The van der Waals surface area contributed by atoms with Crippen LogP contribution in [0.4, 0.5) is 0 Å². The third-order valence-corrected chi connectivity index (χ3v) is 2.76. The van der Waals surface area contributed by atoms with Crippen molar-refractivity contribution in [2.45, 2.75) is 38.3 Å². The number of pyridine rings is 1. The van der Waals surface area contributed by atoms with Crippen molar-refractivity contribution in [2.24, 2.45) is 0 Å². The maximum absolute atomic E-state index is 5.66. The fourth-order valence-electron chi connectivity index (χ4n) is 1.60. The molecule has 3 nitrogen and oxygen atoms in total. The number of rotatable bonds is 8. The van der Waals surface area contributed by atoms with Crippen LogP contribution in [0.15, 0.2) is 31.0 Å². The van der Waals surface area contributed by atoms with Gasteiger partial charge in [0.15, 0.2) is 0 Å². The number of hydrogen-bond acceptors (Lipinski definition) is 3. The van der Waals surface area contributed by atoms with Crippen molar-refractivity contribution in [3.8, 4) is 5.75 Å². The van der Waals surface area contributed by atoms with Crippen LogP contribution < -0.4 is 10.1 Å². The van der Waals surface area contributed by atoms with Gasteiger partial charge >= 0.3 is 0 Å². The molecule has 3 heteroatoms. The molecule has 1 aliphatic carbocycles. The SMILES string of the molecule is C=CCCCOc1ccnc(CNC2CC2)c1. The first-order chi connectivity index (χ1) is 8.38. The Morgan fingerprint density at radius 3 is 3.18 bits per heavy atom. The minimum Gasteiger partial charge on any atom is -0.493 e. The second kappa shape index (κ2) is 6.40. The van der Waals surface area contributed by atoms with E-state index in [9.17, 15) is 0 Å². The van der Waals surface area contributed by atoms with E-state index < -0.39 is 0 Å². The van der Waals surface area contributed by atoms with Crippen LogP contribution in [0.2, 0.25) is 0 Å². The Bertz CT molecular complexity index is 361. The summed E-state index contributed by atoms with van der Waals surface area (Å²) in [4.78, 5) is 4.32. The highest BCUT2D eigenvalue weighted by Crippen LogP contribution is 2.19. The Morgan fingerprint density at radius 2 is 2.41 bits per heavy atom. The average Bonchev–Trinajstić information content (AvgIpc) is 3.17. The summed E-state index contributed by atoms with van der Waals surface area (Å²) in [5.41, 5.74) is 1.05. The summed E-state index contributed by atoms with van der Waals surface area (Å²) in [5, 5.41) is 3.45. The summed E-state index contributed by atoms with van der Waals surface area (Å²) in [7, 11) is 0. The summed E-state index contributed by atoms with van der Waals surface area (Å²) in [6, 6.07) is 4.65. The number of unbranched alkanes of at least 4 members (excludes halogenated alkanes) is 1. The van der Waals surface area contributed by atoms with Crippen LogP contribution in [0.5, 0.6) is 5.75 Å². The molecule has 0 saturated heterocycles. The molecule has 0 amide bonds. The van der Waals surface area contributed by atoms with Gasteiger partial charge in [0.05, 0.1) is 12.3 Å². The molecule has 1 heterocycles. The summed E-state index contributed by atoms with van der Waals surface area (Å²) < 4.78 is 5.66. The van der Waals surface area contributed by atoms with E-state index >= 15 is 0 Å². The lowest BCUT2D eigenvalue weighted by Crippen LogP contribution is -2.16. The molecule has 1 fully saturated rings. The van der Waals surface area contributed by atoms with Crippen LogP contribution in [-0.4, -0.2) is 17.6 Å². The third kappa shape index (κ3) is 4.57. The van der Waals surface area contributed by atoms with Crippen molar-refractivity contribution in [1.29, 1.82) is 0 Å².